The van der Waals surface area contributed by atoms with Crippen LogP contribution < -0.4 is 4.90 Å². The smallest absolute Gasteiger partial charge is 0.358 e. The molecule has 2 aliphatic rings. The van der Waals surface area contributed by atoms with Crippen molar-refractivity contribution < 1.29 is 9.53 Å². The molecule has 0 radical (unpaired) electrons. The van der Waals surface area contributed by atoms with Crippen molar-refractivity contribution in [2.75, 3.05) is 24.6 Å². The van der Waals surface area contributed by atoms with Gasteiger partial charge in [0.2, 0.25) is 0 Å². The van der Waals surface area contributed by atoms with Gasteiger partial charge in [-0.25, -0.2) is 14.8 Å². The molecule has 2 atom stereocenters. The predicted octanol–water partition coefficient (Wildman–Crippen LogP) is 2.58. The summed E-state index contributed by atoms with van der Waals surface area (Å²) in [6.07, 6.45) is 6.76. The molecule has 0 spiro atoms. The van der Waals surface area contributed by atoms with E-state index in [1.54, 1.807) is 19.4 Å². The van der Waals surface area contributed by atoms with Gasteiger partial charge in [-0.2, -0.15) is 0 Å². The first-order valence-electron chi connectivity index (χ1n) is 8.95. The standard InChI is InChI=1S/C19H24N4O2/c1-4-25-19(24)17-10-22(11-21-17)7-16-6-20-18(13(3)12(16)2)23-8-14-5-15(14)9-23/h6,10-11,14-15H,4-5,7-9H2,1-3H3. The third kappa shape index (κ3) is 3.01. The van der Waals surface area contributed by atoms with Gasteiger partial charge in [-0.3, -0.25) is 0 Å². The average molecular weight is 340 g/mol. The molecular weight excluding hydrogens is 316 g/mol. The molecular formula is C19H24N4O2. The number of esters is 1. The van der Waals surface area contributed by atoms with Crippen LogP contribution in [0.3, 0.4) is 0 Å². The van der Waals surface area contributed by atoms with Crippen LogP contribution in [0.25, 0.3) is 0 Å². The van der Waals surface area contributed by atoms with Crippen LogP contribution in [0.1, 0.15) is 40.5 Å². The molecule has 1 saturated heterocycles. The Hall–Kier alpha value is -2.37. The van der Waals surface area contributed by atoms with E-state index in [9.17, 15) is 4.79 Å². The maximum Gasteiger partial charge on any atom is 0.358 e. The fourth-order valence-corrected chi connectivity index (χ4v) is 3.74. The van der Waals surface area contributed by atoms with Gasteiger partial charge in [-0.15, -0.1) is 0 Å². The number of ether oxygens (including phenoxy) is 1. The monoisotopic (exact) mass is 340 g/mol. The molecule has 0 aromatic carbocycles. The number of pyridine rings is 1. The third-order valence-corrected chi connectivity index (χ3v) is 5.47. The number of aromatic nitrogens is 3. The molecule has 3 heterocycles. The lowest BCUT2D eigenvalue weighted by Crippen LogP contribution is -2.24. The second kappa shape index (κ2) is 6.17. The van der Waals surface area contributed by atoms with E-state index in [1.807, 2.05) is 10.8 Å². The summed E-state index contributed by atoms with van der Waals surface area (Å²) in [5, 5.41) is 0. The van der Waals surface area contributed by atoms with Crippen molar-refractivity contribution in [1.29, 1.82) is 0 Å². The number of hydrogen-bond donors (Lipinski definition) is 0. The van der Waals surface area contributed by atoms with Crippen LogP contribution >= 0.6 is 0 Å². The van der Waals surface area contributed by atoms with Gasteiger partial charge in [0.25, 0.3) is 0 Å². The molecule has 1 aliphatic carbocycles. The van der Waals surface area contributed by atoms with E-state index in [2.05, 4.69) is 23.7 Å². The SMILES string of the molecule is CCOC(=O)c1cn(Cc2cnc(N3CC4CC4C3)c(C)c2C)cn1. The van der Waals surface area contributed by atoms with E-state index in [0.717, 1.165) is 36.3 Å². The second-order valence-electron chi connectivity index (χ2n) is 7.17. The van der Waals surface area contributed by atoms with Crippen LogP contribution in [0.4, 0.5) is 5.82 Å². The fraction of sp³-hybridized carbons (Fsp3) is 0.526. The average Bonchev–Trinajstić information content (AvgIpc) is 2.98. The molecule has 2 unspecified atom stereocenters. The number of carbonyl (C=O) groups is 1. The number of fused-ring (bicyclic) bond motifs is 1. The zero-order valence-electron chi connectivity index (χ0n) is 15.0. The number of hydrogen-bond acceptors (Lipinski definition) is 5. The van der Waals surface area contributed by atoms with Crippen LogP contribution in [0, 0.1) is 25.7 Å². The van der Waals surface area contributed by atoms with Crippen molar-refractivity contribution in [3.05, 3.63) is 41.1 Å². The summed E-state index contributed by atoms with van der Waals surface area (Å²) in [5.41, 5.74) is 4.01. The number of imidazole rings is 1. The topological polar surface area (TPSA) is 60.3 Å². The van der Waals surface area contributed by atoms with Crippen LogP contribution in [0.2, 0.25) is 0 Å². The number of rotatable bonds is 5. The summed E-state index contributed by atoms with van der Waals surface area (Å²) >= 11 is 0. The predicted molar refractivity (Wildman–Crippen MR) is 94.8 cm³/mol. The van der Waals surface area contributed by atoms with Crippen LogP contribution in [0.15, 0.2) is 18.7 Å². The van der Waals surface area contributed by atoms with E-state index in [1.165, 1.54) is 17.5 Å². The van der Waals surface area contributed by atoms with Crippen LogP contribution in [-0.4, -0.2) is 40.2 Å². The highest BCUT2D eigenvalue weighted by Gasteiger charge is 2.45. The summed E-state index contributed by atoms with van der Waals surface area (Å²) in [6, 6.07) is 0. The molecule has 25 heavy (non-hydrogen) atoms. The van der Waals surface area contributed by atoms with E-state index in [0.29, 0.717) is 18.8 Å². The first kappa shape index (κ1) is 16.1. The van der Waals surface area contributed by atoms with Crippen LogP contribution in [-0.2, 0) is 11.3 Å². The lowest BCUT2D eigenvalue weighted by Gasteiger charge is -2.23. The Bertz CT molecular complexity index is 804. The Morgan fingerprint density at radius 1 is 1.24 bits per heavy atom. The van der Waals surface area contributed by atoms with Gasteiger partial charge in [-0.1, -0.05) is 0 Å². The quantitative estimate of drug-likeness (QED) is 0.783. The highest BCUT2D eigenvalue weighted by molar-refractivity contribution is 5.86. The van der Waals surface area contributed by atoms with Crippen LogP contribution in [0.5, 0.6) is 0 Å². The number of carbonyl (C=O) groups excluding carboxylic acids is 1. The van der Waals surface area contributed by atoms with Gasteiger partial charge in [0.05, 0.1) is 19.5 Å². The van der Waals surface area contributed by atoms with E-state index < -0.39 is 0 Å². The molecule has 1 saturated carbocycles. The summed E-state index contributed by atoms with van der Waals surface area (Å²) < 4.78 is 6.89. The van der Waals surface area contributed by atoms with Gasteiger partial charge in [-0.05, 0) is 55.7 Å². The molecule has 1 aliphatic heterocycles. The molecule has 0 N–H and O–H groups in total. The summed E-state index contributed by atoms with van der Waals surface area (Å²) in [4.78, 5) is 23.0. The zero-order valence-corrected chi connectivity index (χ0v) is 15.0. The van der Waals surface area contributed by atoms with Crippen molar-refractivity contribution in [1.82, 2.24) is 14.5 Å². The Morgan fingerprint density at radius 2 is 2.00 bits per heavy atom. The lowest BCUT2D eigenvalue weighted by atomic mass is 10.1. The van der Waals surface area contributed by atoms with Gasteiger partial charge < -0.3 is 14.2 Å². The van der Waals surface area contributed by atoms with Gasteiger partial charge in [0, 0.05) is 25.5 Å². The van der Waals surface area contributed by atoms with E-state index in [4.69, 9.17) is 9.72 Å². The minimum atomic E-state index is -0.379. The Kier molecular flexibility index (Phi) is 3.98. The van der Waals surface area contributed by atoms with Crippen molar-refractivity contribution in [2.24, 2.45) is 11.8 Å². The fourth-order valence-electron chi connectivity index (χ4n) is 3.74. The Morgan fingerprint density at radius 3 is 2.72 bits per heavy atom. The van der Waals surface area contributed by atoms with Crippen molar-refractivity contribution in [3.8, 4) is 0 Å². The van der Waals surface area contributed by atoms with Crippen molar-refractivity contribution in [3.63, 3.8) is 0 Å². The zero-order chi connectivity index (χ0) is 17.6. The molecule has 4 rings (SSSR count). The van der Waals surface area contributed by atoms with Gasteiger partial charge in [0.1, 0.15) is 5.82 Å². The van der Waals surface area contributed by atoms with E-state index >= 15 is 0 Å². The maximum absolute atomic E-state index is 11.7. The van der Waals surface area contributed by atoms with Crippen molar-refractivity contribution in [2.45, 2.75) is 33.7 Å². The van der Waals surface area contributed by atoms with E-state index in [-0.39, 0.29) is 5.97 Å². The minimum absolute atomic E-state index is 0.345. The third-order valence-electron chi connectivity index (χ3n) is 5.47. The number of piperidine rings is 1. The first-order valence-corrected chi connectivity index (χ1v) is 8.95. The maximum atomic E-state index is 11.7. The molecule has 2 aromatic heterocycles. The highest BCUT2D eigenvalue weighted by atomic mass is 16.5. The number of anilines is 1. The summed E-state index contributed by atoms with van der Waals surface area (Å²) in [5.74, 6) is 2.54. The molecule has 6 nitrogen and oxygen atoms in total. The lowest BCUT2D eigenvalue weighted by molar-refractivity contribution is 0.0520. The highest BCUT2D eigenvalue weighted by Crippen LogP contribution is 2.46. The Balaban J connectivity index is 1.51. The Labute approximate surface area is 147 Å². The van der Waals surface area contributed by atoms with Gasteiger partial charge in [0.15, 0.2) is 5.69 Å². The van der Waals surface area contributed by atoms with Crippen molar-refractivity contribution >= 4 is 11.8 Å². The summed E-state index contributed by atoms with van der Waals surface area (Å²) in [7, 11) is 0. The van der Waals surface area contributed by atoms with Gasteiger partial charge >= 0.3 is 5.97 Å². The molecule has 2 aromatic rings. The molecule has 0 amide bonds. The number of nitrogens with zero attached hydrogens (tertiary/aromatic N) is 4. The molecule has 2 fully saturated rings. The first-order chi connectivity index (χ1) is 12.1. The molecule has 6 heteroatoms. The largest absolute Gasteiger partial charge is 0.461 e. The molecule has 132 valence electrons. The second-order valence-corrected chi connectivity index (χ2v) is 7.17. The molecule has 0 bridgehead atoms. The normalized spacial score (nSPS) is 21.3. The minimum Gasteiger partial charge on any atom is -0.461 e. The summed E-state index contributed by atoms with van der Waals surface area (Å²) in [6.45, 7) is 9.41.